The van der Waals surface area contributed by atoms with Crippen molar-refractivity contribution < 1.29 is 20.8 Å². The van der Waals surface area contributed by atoms with E-state index in [1.807, 2.05) is 6.07 Å². The molecule has 0 N–H and O–H groups in total. The van der Waals surface area contributed by atoms with E-state index in [1.165, 1.54) is 126 Å². The topological polar surface area (TPSA) is 0 Å². The Balaban J connectivity index is 0.000000155. The van der Waals surface area contributed by atoms with Crippen molar-refractivity contribution >= 4 is 58.5 Å². The Morgan fingerprint density at radius 1 is 0.565 bits per heavy atom. The van der Waals surface area contributed by atoms with Crippen LogP contribution in [-0.2, 0) is 46.5 Å². The van der Waals surface area contributed by atoms with Crippen LogP contribution in [0.15, 0.2) is 152 Å². The van der Waals surface area contributed by atoms with Gasteiger partial charge in [-0.25, -0.2) is 0 Å². The molecule has 0 saturated heterocycles. The minimum atomic E-state index is -0.826. The fourth-order valence-electron chi connectivity index (χ4n) is 8.73. The fraction of sp³-hybridized carbons (Fsp3) is 0.276. The Bertz CT molecular complexity index is 2400. The van der Waals surface area contributed by atoms with E-state index in [-0.39, 0.29) is 0 Å². The second-order valence-electron chi connectivity index (χ2n) is 17.3. The van der Waals surface area contributed by atoms with E-state index in [9.17, 15) is 0 Å². The van der Waals surface area contributed by atoms with Gasteiger partial charge in [-0.2, -0.15) is 41.6 Å². The van der Waals surface area contributed by atoms with Crippen LogP contribution in [0.4, 0.5) is 0 Å². The third-order valence-corrected chi connectivity index (χ3v) is 12.8. The van der Waals surface area contributed by atoms with E-state index in [2.05, 4.69) is 193 Å². The van der Waals surface area contributed by atoms with Gasteiger partial charge in [0.2, 0.25) is 0 Å². The fourth-order valence-corrected chi connectivity index (χ4v) is 10.0. The summed E-state index contributed by atoms with van der Waals surface area (Å²) in [5.74, 6) is 1.40. The number of hydrogen-bond acceptors (Lipinski definition) is 0. The normalized spacial score (nSPS) is 11.3. The standard InChI is InChI=1S/2C23H27.C12H7Si.2ClH.Zr/c2*1-4-5-9-20-12-13-21-15-18(14-17(2)3)16-22(21)23(20)19-10-7-6-8-11-19;1-3-7-11-9(5-1)10-6-2-4-8-12(10)13-11;;;/h2*6-8,10-13,15-17H,4-5,9,14H2,1-3H3;1-7H;2*1H;/q3*-1;;;+2/p-2. The second kappa shape index (κ2) is 24.3. The van der Waals surface area contributed by atoms with Crippen LogP contribution in [0, 0.1) is 17.9 Å². The van der Waals surface area contributed by atoms with Crippen molar-refractivity contribution in [2.24, 2.45) is 11.8 Å². The Hall–Kier alpha value is -3.78. The molecular weight excluding hydrogens is 887 g/mol. The van der Waals surface area contributed by atoms with E-state index >= 15 is 0 Å². The zero-order chi connectivity index (χ0) is 43.8. The van der Waals surface area contributed by atoms with E-state index in [0.717, 1.165) is 22.4 Å². The van der Waals surface area contributed by atoms with Crippen molar-refractivity contribution in [2.45, 2.75) is 92.9 Å². The first kappa shape index (κ1) is 47.7. The third-order valence-electron chi connectivity index (χ3n) is 11.4. The molecule has 0 aliphatic carbocycles. The summed E-state index contributed by atoms with van der Waals surface area (Å²) in [5, 5.41) is 8.46. The molecule has 0 aromatic heterocycles. The SMILES string of the molecule is CCCCc1ccc2[cH-]c(CC(C)C)cc2c1-c1ccccc1.CCCCc1ccc2[cH-]c(CC(C)C)cc2c1-c1ccccc1.[Cl][Zr][Cl].[c-]1cccc2c1[Si]c1ccccc1-2. The minimum Gasteiger partial charge on any atom is -0.184 e. The summed E-state index contributed by atoms with van der Waals surface area (Å²) < 4.78 is 0. The first-order chi connectivity index (χ1) is 30.2. The van der Waals surface area contributed by atoms with Crippen LogP contribution in [0.3, 0.4) is 0 Å². The molecule has 1 heterocycles. The predicted octanol–water partition coefficient (Wildman–Crippen LogP) is 16.0. The first-order valence-electron chi connectivity index (χ1n) is 22.6. The second-order valence-corrected chi connectivity index (χ2v) is 22.3. The van der Waals surface area contributed by atoms with Gasteiger partial charge in [-0.15, -0.1) is 74.6 Å². The first-order valence-corrected chi connectivity index (χ1v) is 29.9. The molecule has 318 valence electrons. The number of rotatable bonds is 12. The number of hydrogen-bond donors (Lipinski definition) is 0. The molecule has 1 aliphatic heterocycles. The van der Waals surface area contributed by atoms with Crippen LogP contribution >= 0.6 is 17.0 Å². The molecule has 8 aromatic carbocycles. The van der Waals surface area contributed by atoms with Gasteiger partial charge in [0.25, 0.3) is 0 Å². The minimum absolute atomic E-state index is 0.701. The summed E-state index contributed by atoms with van der Waals surface area (Å²) in [6, 6.07) is 58.9. The molecule has 0 fully saturated rings. The van der Waals surface area contributed by atoms with Gasteiger partial charge < -0.3 is 0 Å². The van der Waals surface area contributed by atoms with E-state index in [4.69, 9.17) is 17.0 Å². The molecule has 9 rings (SSSR count). The van der Waals surface area contributed by atoms with E-state index in [1.54, 1.807) is 0 Å². The van der Waals surface area contributed by atoms with Gasteiger partial charge in [0, 0.05) is 0 Å². The van der Waals surface area contributed by atoms with Crippen molar-refractivity contribution in [3.05, 3.63) is 180 Å². The van der Waals surface area contributed by atoms with E-state index < -0.39 is 20.8 Å². The summed E-state index contributed by atoms with van der Waals surface area (Å²) in [7, 11) is 10.7. The number of aryl methyl sites for hydroxylation is 2. The van der Waals surface area contributed by atoms with Gasteiger partial charge in [0.1, 0.15) is 0 Å². The number of unbranched alkanes of at least 4 members (excludes halogenated alkanes) is 2. The maximum Gasteiger partial charge on any atom is 0.0920 e. The molecular formula is C58H61Cl2SiZr-3. The van der Waals surface area contributed by atoms with Crippen molar-refractivity contribution in [2.75, 3.05) is 0 Å². The average molecular weight is 948 g/mol. The summed E-state index contributed by atoms with van der Waals surface area (Å²) in [4.78, 5) is 0. The Kier molecular flexibility index (Phi) is 18.7. The molecule has 2 radical (unpaired) electrons. The zero-order valence-corrected chi connectivity index (χ0v) is 42.5. The molecule has 4 heteroatoms. The Morgan fingerprint density at radius 3 is 1.48 bits per heavy atom. The summed E-state index contributed by atoms with van der Waals surface area (Å²) in [5.41, 5.74) is 14.3. The van der Waals surface area contributed by atoms with Crippen LogP contribution in [0.25, 0.3) is 54.9 Å². The van der Waals surface area contributed by atoms with Crippen LogP contribution in [0.5, 0.6) is 0 Å². The summed E-state index contributed by atoms with van der Waals surface area (Å²) in [6.07, 6.45) is 9.65. The van der Waals surface area contributed by atoms with E-state index in [0.29, 0.717) is 11.8 Å². The molecule has 0 unspecified atom stereocenters. The van der Waals surface area contributed by atoms with Crippen molar-refractivity contribution in [1.82, 2.24) is 0 Å². The van der Waals surface area contributed by atoms with Gasteiger partial charge >= 0.3 is 37.9 Å². The van der Waals surface area contributed by atoms with Crippen molar-refractivity contribution in [1.29, 1.82) is 0 Å². The maximum atomic E-state index is 4.93. The van der Waals surface area contributed by atoms with Gasteiger partial charge in [0.05, 0.1) is 9.52 Å². The number of benzene rings is 6. The summed E-state index contributed by atoms with van der Waals surface area (Å²) in [6.45, 7) is 13.7. The molecule has 8 aromatic rings. The van der Waals surface area contributed by atoms with Gasteiger partial charge in [-0.3, -0.25) is 0 Å². The maximum absolute atomic E-state index is 4.93. The van der Waals surface area contributed by atoms with Gasteiger partial charge in [0.15, 0.2) is 0 Å². The van der Waals surface area contributed by atoms with Crippen LogP contribution in [0.2, 0.25) is 0 Å². The molecule has 0 nitrogen and oxygen atoms in total. The molecule has 0 spiro atoms. The number of halogens is 2. The smallest absolute Gasteiger partial charge is 0.0920 e. The van der Waals surface area contributed by atoms with Gasteiger partial charge in [-0.1, -0.05) is 172 Å². The van der Waals surface area contributed by atoms with Crippen molar-refractivity contribution in [3.8, 4) is 33.4 Å². The molecule has 0 atom stereocenters. The Morgan fingerprint density at radius 2 is 1.02 bits per heavy atom. The van der Waals surface area contributed by atoms with Crippen LogP contribution < -0.4 is 10.4 Å². The largest absolute Gasteiger partial charge is 0.184 e. The molecule has 0 amide bonds. The molecule has 0 bridgehead atoms. The zero-order valence-electron chi connectivity index (χ0n) is 37.5. The molecule has 1 aliphatic rings. The molecule has 62 heavy (non-hydrogen) atoms. The average Bonchev–Trinajstić information content (AvgIpc) is 4.00. The van der Waals surface area contributed by atoms with Gasteiger partial charge in [-0.05, 0) is 61.5 Å². The van der Waals surface area contributed by atoms with Crippen LogP contribution in [0.1, 0.15) is 89.5 Å². The van der Waals surface area contributed by atoms with Crippen molar-refractivity contribution in [3.63, 3.8) is 0 Å². The predicted molar refractivity (Wildman–Crippen MR) is 272 cm³/mol. The summed E-state index contributed by atoms with van der Waals surface area (Å²) >= 11 is -0.826. The molecule has 0 saturated carbocycles. The van der Waals surface area contributed by atoms with Crippen LogP contribution in [-0.4, -0.2) is 9.52 Å². The Labute approximate surface area is 394 Å². The monoisotopic (exact) mass is 945 g/mol. The number of fused-ring (bicyclic) bond motifs is 5. The quantitative estimate of drug-likeness (QED) is 0.0846. The third kappa shape index (κ3) is 12.7.